The predicted octanol–water partition coefficient (Wildman–Crippen LogP) is 7.93. The zero-order valence-electron chi connectivity index (χ0n) is 32.8. The average Bonchev–Trinajstić information content (AvgIpc) is 3.68. The topological polar surface area (TPSA) is 155 Å². The molecule has 57 heavy (non-hydrogen) atoms. The fourth-order valence-electron chi connectivity index (χ4n) is 9.18. The number of aromatic nitrogens is 4. The summed E-state index contributed by atoms with van der Waals surface area (Å²) in [6.45, 7) is 1.99. The van der Waals surface area contributed by atoms with Crippen LogP contribution in [-0.4, -0.2) is 71.7 Å². The fraction of sp³-hybridized carbons (Fsp3) is 0.512. The number of nitrogens with zero attached hydrogens (tertiary/aromatic N) is 5. The number of hydrogen-bond acceptors (Lipinski definition) is 7. The maximum Gasteiger partial charge on any atom is 0.306 e. The van der Waals surface area contributed by atoms with Crippen LogP contribution in [0.4, 0.5) is 11.4 Å². The lowest BCUT2D eigenvalue weighted by Crippen LogP contribution is -2.33. The van der Waals surface area contributed by atoms with Crippen LogP contribution in [-0.2, 0) is 44.7 Å². The SMILES string of the molecule is Cn1c(C(=O)Nc2cccc(-c3cccc(NC(=O)c4nc5c(n4C)CCN(CCO)C5)c3Cl)c2Cl)nc2c1CCC(CCC[C@H]1CC[C@H](C(=O)O)CC1)CCC2. The summed E-state index contributed by atoms with van der Waals surface area (Å²) < 4.78 is 3.75. The number of imidazole rings is 2. The zero-order chi connectivity index (χ0) is 40.2. The molecule has 2 aliphatic carbocycles. The van der Waals surface area contributed by atoms with Crippen molar-refractivity contribution in [1.82, 2.24) is 24.0 Å². The number of hydrogen-bond donors (Lipinski definition) is 4. The van der Waals surface area contributed by atoms with E-state index < -0.39 is 5.97 Å². The minimum Gasteiger partial charge on any atom is -0.481 e. The number of carbonyl (C=O) groups is 3. The molecule has 0 radical (unpaired) electrons. The van der Waals surface area contributed by atoms with Crippen molar-refractivity contribution >= 4 is 52.4 Å². The minimum absolute atomic E-state index is 0.0696. The highest BCUT2D eigenvalue weighted by Gasteiger charge is 2.29. The second-order valence-corrected chi connectivity index (χ2v) is 16.8. The van der Waals surface area contributed by atoms with Crippen molar-refractivity contribution in [3.63, 3.8) is 0 Å². The highest BCUT2D eigenvalue weighted by atomic mass is 35.5. The maximum absolute atomic E-state index is 13.8. The lowest BCUT2D eigenvalue weighted by Gasteiger charge is -2.27. The lowest BCUT2D eigenvalue weighted by molar-refractivity contribution is -0.143. The number of carboxylic acid groups (broad SMARTS) is 1. The number of aliphatic hydroxyl groups is 1. The van der Waals surface area contributed by atoms with Gasteiger partial charge in [-0.15, -0.1) is 0 Å². The summed E-state index contributed by atoms with van der Waals surface area (Å²) in [7, 11) is 3.75. The molecule has 3 aliphatic rings. The lowest BCUT2D eigenvalue weighted by atomic mass is 9.79. The van der Waals surface area contributed by atoms with Crippen LogP contribution in [0.5, 0.6) is 0 Å². The predicted molar refractivity (Wildman–Crippen MR) is 222 cm³/mol. The summed E-state index contributed by atoms with van der Waals surface area (Å²) >= 11 is 13.9. The molecule has 1 unspecified atom stereocenters. The first-order valence-corrected chi connectivity index (χ1v) is 21.1. The number of anilines is 2. The van der Waals surface area contributed by atoms with Gasteiger partial charge in [0.05, 0.1) is 45.3 Å². The molecular formula is C43H53Cl2N7O5. The van der Waals surface area contributed by atoms with Crippen LogP contribution in [0.25, 0.3) is 11.1 Å². The Balaban J connectivity index is 0.988. The van der Waals surface area contributed by atoms with E-state index in [2.05, 4.69) is 20.5 Å². The molecular weight excluding hydrogens is 765 g/mol. The van der Waals surface area contributed by atoms with E-state index in [4.69, 9.17) is 28.2 Å². The molecule has 2 aromatic heterocycles. The van der Waals surface area contributed by atoms with Crippen LogP contribution in [0.2, 0.25) is 10.0 Å². The molecule has 2 amide bonds. The number of β-amino-alcohol motifs (C(OH)–C–C–N with tert-alkyl or cyclic N) is 1. The summed E-state index contributed by atoms with van der Waals surface area (Å²) in [6.07, 6.45) is 12.9. The monoisotopic (exact) mass is 817 g/mol. The number of amides is 2. The Morgan fingerprint density at radius 2 is 1.32 bits per heavy atom. The van der Waals surface area contributed by atoms with Gasteiger partial charge in [0, 0.05) is 62.7 Å². The maximum atomic E-state index is 13.8. The standard InChI is InChI=1S/C43H53Cl2N7O5/c1-50-35-20-17-26(7-3-8-27-15-18-28(19-16-27)43(56)57)9-4-12-31(35)46-39(50)41(54)48-32-13-5-10-29(37(32)44)30-11-6-14-33(38(30)45)49-42(55)40-47-34-25-52(23-24-53)22-21-36(34)51(40)2/h5-6,10-11,13-14,26-28,53H,3-4,7-9,12,15-25H2,1-2H3,(H,48,54)(H,49,55)(H,56,57)/t26?,27-,28-. The van der Waals surface area contributed by atoms with Gasteiger partial charge in [0.25, 0.3) is 11.8 Å². The third-order valence-corrected chi connectivity index (χ3v) is 13.3. The first-order chi connectivity index (χ1) is 27.5. The summed E-state index contributed by atoms with van der Waals surface area (Å²) in [5, 5.41) is 25.2. The Labute approximate surface area is 344 Å². The number of carbonyl (C=O) groups excluding carboxylic acids is 2. The summed E-state index contributed by atoms with van der Waals surface area (Å²) in [5.41, 5.74) is 5.93. The van der Waals surface area contributed by atoms with Gasteiger partial charge in [-0.2, -0.15) is 0 Å². The van der Waals surface area contributed by atoms with Crippen LogP contribution in [0.1, 0.15) is 108 Å². The third-order valence-electron chi connectivity index (χ3n) is 12.5. The normalized spacial score (nSPS) is 19.9. The van der Waals surface area contributed by atoms with Crippen molar-refractivity contribution in [1.29, 1.82) is 0 Å². The molecule has 1 aliphatic heterocycles. The molecule has 3 heterocycles. The fourth-order valence-corrected chi connectivity index (χ4v) is 9.73. The van der Waals surface area contributed by atoms with E-state index in [1.165, 1.54) is 19.3 Å². The number of rotatable bonds is 12. The highest BCUT2D eigenvalue weighted by Crippen LogP contribution is 2.41. The van der Waals surface area contributed by atoms with Gasteiger partial charge in [-0.05, 0) is 75.3 Å². The van der Waals surface area contributed by atoms with E-state index in [1.807, 2.05) is 35.4 Å². The average molecular weight is 819 g/mol. The molecule has 304 valence electrons. The van der Waals surface area contributed by atoms with Crippen molar-refractivity contribution in [3.05, 3.63) is 80.9 Å². The van der Waals surface area contributed by atoms with E-state index in [9.17, 15) is 24.6 Å². The van der Waals surface area contributed by atoms with Gasteiger partial charge in [-0.3, -0.25) is 19.3 Å². The van der Waals surface area contributed by atoms with E-state index in [0.717, 1.165) is 93.5 Å². The molecule has 1 fully saturated rings. The number of halogens is 2. The highest BCUT2D eigenvalue weighted by molar-refractivity contribution is 6.40. The Morgan fingerprint density at radius 3 is 1.89 bits per heavy atom. The van der Waals surface area contributed by atoms with Gasteiger partial charge in [0.15, 0.2) is 11.6 Å². The Hall–Kier alpha value is -4.23. The zero-order valence-corrected chi connectivity index (χ0v) is 34.3. The second-order valence-electron chi connectivity index (χ2n) is 16.1. The molecule has 0 saturated heterocycles. The number of carboxylic acids is 1. The molecule has 0 spiro atoms. The second kappa shape index (κ2) is 18.1. The molecule has 1 atom stereocenters. The molecule has 2 aromatic carbocycles. The van der Waals surface area contributed by atoms with Gasteiger partial charge >= 0.3 is 5.97 Å². The van der Waals surface area contributed by atoms with E-state index >= 15 is 0 Å². The Morgan fingerprint density at radius 1 is 0.754 bits per heavy atom. The Kier molecular flexibility index (Phi) is 13.0. The number of nitrogens with one attached hydrogen (secondary N) is 2. The number of aliphatic carboxylic acids is 1. The van der Waals surface area contributed by atoms with E-state index in [0.29, 0.717) is 63.3 Å². The van der Waals surface area contributed by atoms with Crippen LogP contribution in [0.3, 0.4) is 0 Å². The largest absolute Gasteiger partial charge is 0.481 e. The summed E-state index contributed by atoms with van der Waals surface area (Å²) in [6, 6.07) is 10.7. The first kappa shape index (κ1) is 40.9. The van der Waals surface area contributed by atoms with Crippen LogP contribution in [0, 0.1) is 17.8 Å². The number of benzene rings is 2. The third kappa shape index (κ3) is 9.09. The van der Waals surface area contributed by atoms with E-state index in [-0.39, 0.29) is 30.2 Å². The van der Waals surface area contributed by atoms with Gasteiger partial charge in [-0.1, -0.05) is 73.2 Å². The van der Waals surface area contributed by atoms with Gasteiger partial charge in [-0.25, -0.2) is 9.97 Å². The summed E-state index contributed by atoms with van der Waals surface area (Å²) in [5.74, 6) is 0.371. The molecule has 14 heteroatoms. The van der Waals surface area contributed by atoms with Gasteiger partial charge in [0.2, 0.25) is 0 Å². The summed E-state index contributed by atoms with van der Waals surface area (Å²) in [4.78, 5) is 50.2. The number of fused-ring (bicyclic) bond motifs is 2. The molecule has 0 bridgehead atoms. The van der Waals surface area contributed by atoms with Crippen molar-refractivity contribution in [2.45, 2.75) is 90.0 Å². The Bertz CT molecular complexity index is 2120. The van der Waals surface area contributed by atoms with Crippen molar-refractivity contribution in [2.24, 2.45) is 31.8 Å². The number of aliphatic hydroxyl groups excluding tert-OH is 1. The first-order valence-electron chi connectivity index (χ1n) is 20.4. The van der Waals surface area contributed by atoms with Crippen molar-refractivity contribution in [2.75, 3.05) is 30.3 Å². The minimum atomic E-state index is -0.641. The number of aryl methyl sites for hydroxylation is 1. The molecule has 12 nitrogen and oxygen atoms in total. The molecule has 4 aromatic rings. The van der Waals surface area contributed by atoms with Crippen LogP contribution in [0.15, 0.2) is 36.4 Å². The van der Waals surface area contributed by atoms with Crippen molar-refractivity contribution < 1.29 is 24.6 Å². The van der Waals surface area contributed by atoms with Gasteiger partial charge < -0.3 is 30.0 Å². The van der Waals surface area contributed by atoms with Crippen molar-refractivity contribution in [3.8, 4) is 11.1 Å². The van der Waals surface area contributed by atoms with E-state index in [1.54, 1.807) is 24.3 Å². The quantitative estimate of drug-likeness (QED) is 0.112. The van der Waals surface area contributed by atoms with Gasteiger partial charge in [0.1, 0.15) is 0 Å². The molecule has 1 saturated carbocycles. The molecule has 7 rings (SSSR count). The van der Waals surface area contributed by atoms with Crippen LogP contribution >= 0.6 is 23.2 Å². The smallest absolute Gasteiger partial charge is 0.306 e. The van der Waals surface area contributed by atoms with Crippen LogP contribution < -0.4 is 10.6 Å². The molecule has 4 N–H and O–H groups in total.